The number of piperidine rings is 1. The summed E-state index contributed by atoms with van der Waals surface area (Å²) in [7, 11) is 0. The molecule has 1 amide bonds. The minimum atomic E-state index is -4.43. The SMILES string of the molecule is O=C1CCCC1C1CCCCN1C(=O)COCC(F)(F)F. The van der Waals surface area contributed by atoms with Crippen molar-refractivity contribution in [3.8, 4) is 0 Å². The van der Waals surface area contributed by atoms with Gasteiger partial charge in [0.1, 0.15) is 19.0 Å². The van der Waals surface area contributed by atoms with Crippen LogP contribution in [0.25, 0.3) is 0 Å². The monoisotopic (exact) mass is 307 g/mol. The third kappa shape index (κ3) is 4.43. The minimum absolute atomic E-state index is 0.142. The number of Topliss-reactive ketones (excluding diaryl/α,β-unsaturated/α-hetero) is 1. The molecule has 7 heteroatoms. The van der Waals surface area contributed by atoms with Gasteiger partial charge in [-0.2, -0.15) is 13.2 Å². The quantitative estimate of drug-likeness (QED) is 0.801. The summed E-state index contributed by atoms with van der Waals surface area (Å²) >= 11 is 0. The molecule has 0 bridgehead atoms. The van der Waals surface area contributed by atoms with Gasteiger partial charge in [-0.05, 0) is 32.1 Å². The van der Waals surface area contributed by atoms with E-state index in [9.17, 15) is 22.8 Å². The second kappa shape index (κ2) is 6.77. The van der Waals surface area contributed by atoms with E-state index in [-0.39, 0.29) is 17.7 Å². The second-order valence-corrected chi connectivity index (χ2v) is 5.72. The fourth-order valence-electron chi connectivity index (χ4n) is 3.27. The molecule has 120 valence electrons. The Morgan fingerprint density at radius 3 is 2.62 bits per heavy atom. The number of ketones is 1. The van der Waals surface area contributed by atoms with Gasteiger partial charge in [-0.15, -0.1) is 0 Å². The summed E-state index contributed by atoms with van der Waals surface area (Å²) in [4.78, 5) is 25.5. The van der Waals surface area contributed by atoms with Gasteiger partial charge in [0.05, 0.1) is 0 Å². The Balaban J connectivity index is 1.91. The van der Waals surface area contributed by atoms with Crippen LogP contribution in [0.5, 0.6) is 0 Å². The highest BCUT2D eigenvalue weighted by atomic mass is 19.4. The smallest absolute Gasteiger partial charge is 0.362 e. The largest absolute Gasteiger partial charge is 0.411 e. The molecular formula is C14H20F3NO3. The highest BCUT2D eigenvalue weighted by Crippen LogP contribution is 2.32. The van der Waals surface area contributed by atoms with Crippen molar-refractivity contribution in [1.82, 2.24) is 4.90 Å². The maximum absolute atomic E-state index is 12.1. The van der Waals surface area contributed by atoms with Gasteiger partial charge >= 0.3 is 6.18 Å². The second-order valence-electron chi connectivity index (χ2n) is 5.72. The van der Waals surface area contributed by atoms with E-state index in [4.69, 9.17) is 0 Å². The van der Waals surface area contributed by atoms with Crippen LogP contribution in [-0.4, -0.2) is 48.6 Å². The van der Waals surface area contributed by atoms with E-state index in [0.29, 0.717) is 13.0 Å². The van der Waals surface area contributed by atoms with Gasteiger partial charge in [0, 0.05) is 24.9 Å². The predicted molar refractivity (Wildman–Crippen MR) is 68.6 cm³/mol. The van der Waals surface area contributed by atoms with Crippen molar-refractivity contribution in [2.75, 3.05) is 19.8 Å². The molecule has 0 N–H and O–H groups in total. The van der Waals surface area contributed by atoms with Crippen LogP contribution in [0.2, 0.25) is 0 Å². The highest BCUT2D eigenvalue weighted by molar-refractivity contribution is 5.85. The van der Waals surface area contributed by atoms with Crippen molar-refractivity contribution in [3.05, 3.63) is 0 Å². The van der Waals surface area contributed by atoms with Crippen molar-refractivity contribution in [1.29, 1.82) is 0 Å². The lowest BCUT2D eigenvalue weighted by Crippen LogP contribution is -2.50. The molecule has 2 aliphatic rings. The molecular weight excluding hydrogens is 287 g/mol. The third-order valence-corrected chi connectivity index (χ3v) is 4.18. The highest BCUT2D eigenvalue weighted by Gasteiger charge is 2.38. The number of ether oxygens (including phenoxy) is 1. The van der Waals surface area contributed by atoms with E-state index in [1.165, 1.54) is 0 Å². The van der Waals surface area contributed by atoms with Crippen LogP contribution in [0.15, 0.2) is 0 Å². The van der Waals surface area contributed by atoms with Crippen LogP contribution in [0, 0.1) is 5.92 Å². The van der Waals surface area contributed by atoms with E-state index in [1.54, 1.807) is 4.90 Å². The first kappa shape index (κ1) is 16.3. The summed E-state index contributed by atoms with van der Waals surface area (Å²) in [5.74, 6) is -0.406. The van der Waals surface area contributed by atoms with E-state index in [0.717, 1.165) is 32.1 Å². The fourth-order valence-corrected chi connectivity index (χ4v) is 3.27. The lowest BCUT2D eigenvalue weighted by Gasteiger charge is -2.38. The number of alkyl halides is 3. The molecule has 0 aromatic carbocycles. The van der Waals surface area contributed by atoms with Gasteiger partial charge in [0.15, 0.2) is 0 Å². The summed E-state index contributed by atoms with van der Waals surface area (Å²) in [6.07, 6.45) is 0.255. The van der Waals surface area contributed by atoms with Crippen molar-refractivity contribution >= 4 is 11.7 Å². The first-order chi connectivity index (χ1) is 9.88. The average Bonchev–Trinajstić information content (AvgIpc) is 2.83. The summed E-state index contributed by atoms with van der Waals surface area (Å²) in [6, 6.07) is -0.157. The Morgan fingerprint density at radius 2 is 2.00 bits per heavy atom. The van der Waals surface area contributed by atoms with Crippen LogP contribution in [0.1, 0.15) is 38.5 Å². The molecule has 0 radical (unpaired) electrons. The molecule has 4 nitrogen and oxygen atoms in total. The van der Waals surface area contributed by atoms with Crippen molar-refractivity contribution < 1.29 is 27.5 Å². The summed E-state index contributed by atoms with van der Waals surface area (Å²) in [5, 5.41) is 0. The molecule has 0 aromatic rings. The predicted octanol–water partition coefficient (Wildman–Crippen LogP) is 2.32. The number of hydrogen-bond donors (Lipinski definition) is 0. The van der Waals surface area contributed by atoms with Crippen LogP contribution < -0.4 is 0 Å². The van der Waals surface area contributed by atoms with E-state index in [2.05, 4.69) is 4.74 Å². The number of nitrogens with zero attached hydrogens (tertiary/aromatic N) is 1. The molecule has 0 aromatic heterocycles. The molecule has 1 aliphatic heterocycles. The average molecular weight is 307 g/mol. The number of carbonyl (C=O) groups excluding carboxylic acids is 2. The molecule has 1 saturated heterocycles. The fraction of sp³-hybridized carbons (Fsp3) is 0.857. The van der Waals surface area contributed by atoms with Gasteiger partial charge in [-0.1, -0.05) is 0 Å². The molecule has 2 atom stereocenters. The van der Waals surface area contributed by atoms with Gasteiger partial charge < -0.3 is 9.64 Å². The molecule has 21 heavy (non-hydrogen) atoms. The zero-order valence-corrected chi connectivity index (χ0v) is 11.8. The van der Waals surface area contributed by atoms with Crippen LogP contribution in [0.3, 0.4) is 0 Å². The summed E-state index contributed by atoms with van der Waals surface area (Å²) in [6.45, 7) is -1.49. The zero-order chi connectivity index (χ0) is 15.5. The molecule has 2 fully saturated rings. The Kier molecular flexibility index (Phi) is 5.24. The number of likely N-dealkylation sites (tertiary alicyclic amines) is 1. The Hall–Kier alpha value is -1.11. The maximum Gasteiger partial charge on any atom is 0.411 e. The van der Waals surface area contributed by atoms with Gasteiger partial charge in [-0.3, -0.25) is 9.59 Å². The van der Waals surface area contributed by atoms with E-state index >= 15 is 0 Å². The van der Waals surface area contributed by atoms with Crippen molar-refractivity contribution in [2.45, 2.75) is 50.7 Å². The molecule has 2 unspecified atom stereocenters. The lowest BCUT2D eigenvalue weighted by molar-refractivity contribution is -0.178. The Morgan fingerprint density at radius 1 is 1.24 bits per heavy atom. The molecule has 2 rings (SSSR count). The topological polar surface area (TPSA) is 46.6 Å². The molecule has 1 aliphatic carbocycles. The van der Waals surface area contributed by atoms with Gasteiger partial charge in [-0.25, -0.2) is 0 Å². The lowest BCUT2D eigenvalue weighted by atomic mass is 9.88. The summed E-state index contributed by atoms with van der Waals surface area (Å²) < 4.78 is 40.5. The third-order valence-electron chi connectivity index (χ3n) is 4.18. The van der Waals surface area contributed by atoms with Gasteiger partial charge in [0.25, 0.3) is 0 Å². The number of carbonyl (C=O) groups is 2. The Labute approximate surface area is 121 Å². The van der Waals surface area contributed by atoms with Crippen LogP contribution in [-0.2, 0) is 14.3 Å². The first-order valence-corrected chi connectivity index (χ1v) is 7.35. The standard InChI is InChI=1S/C14H20F3NO3/c15-14(16,17)9-21-8-13(20)18-7-2-1-5-11(18)10-4-3-6-12(10)19/h10-11H,1-9H2. The molecule has 1 heterocycles. The van der Waals surface area contributed by atoms with E-state index in [1.807, 2.05) is 0 Å². The van der Waals surface area contributed by atoms with Crippen molar-refractivity contribution in [3.63, 3.8) is 0 Å². The van der Waals surface area contributed by atoms with E-state index < -0.39 is 25.3 Å². The zero-order valence-electron chi connectivity index (χ0n) is 11.8. The number of hydrogen-bond acceptors (Lipinski definition) is 3. The van der Waals surface area contributed by atoms with Crippen LogP contribution in [0.4, 0.5) is 13.2 Å². The molecule has 0 spiro atoms. The van der Waals surface area contributed by atoms with Crippen molar-refractivity contribution in [2.24, 2.45) is 5.92 Å². The minimum Gasteiger partial charge on any atom is -0.362 e. The Bertz CT molecular complexity index is 397. The number of amides is 1. The number of halogens is 3. The maximum atomic E-state index is 12.1. The normalized spacial score (nSPS) is 27.2. The summed E-state index contributed by atoms with van der Waals surface area (Å²) in [5.41, 5.74) is 0. The molecule has 1 saturated carbocycles. The number of rotatable bonds is 4. The van der Waals surface area contributed by atoms with Gasteiger partial charge in [0.2, 0.25) is 5.91 Å². The van der Waals surface area contributed by atoms with Crippen LogP contribution >= 0.6 is 0 Å². The first-order valence-electron chi connectivity index (χ1n) is 7.35.